The summed E-state index contributed by atoms with van der Waals surface area (Å²) in [5, 5.41) is 0.682. The van der Waals surface area contributed by atoms with E-state index in [0.717, 1.165) is 0 Å². The summed E-state index contributed by atoms with van der Waals surface area (Å²) >= 11 is 0. The van der Waals surface area contributed by atoms with Gasteiger partial charge >= 0.3 is 11.9 Å². The zero-order valence-electron chi connectivity index (χ0n) is 15.8. The van der Waals surface area contributed by atoms with Crippen LogP contribution in [-0.4, -0.2) is 32.8 Å². The molecule has 1 aromatic heterocycles. The summed E-state index contributed by atoms with van der Waals surface area (Å²) in [5.74, 6) is -0.233. The third-order valence-electron chi connectivity index (χ3n) is 4.09. The maximum absolute atomic E-state index is 12.5. The quantitative estimate of drug-likeness (QED) is 0.570. The number of hydrogen-bond donors (Lipinski definition) is 0. The summed E-state index contributed by atoms with van der Waals surface area (Å²) in [6.07, 6.45) is 0. The number of esters is 2. The van der Waals surface area contributed by atoms with Crippen LogP contribution in [0.25, 0.3) is 11.0 Å². The second kappa shape index (κ2) is 8.47. The molecule has 0 radical (unpaired) electrons. The van der Waals surface area contributed by atoms with E-state index in [4.69, 9.17) is 23.4 Å². The fourth-order valence-corrected chi connectivity index (χ4v) is 2.75. The van der Waals surface area contributed by atoms with E-state index in [2.05, 4.69) is 0 Å². The number of ether oxygens (including phenoxy) is 4. The zero-order valence-corrected chi connectivity index (χ0v) is 15.8. The minimum atomic E-state index is -0.604. The van der Waals surface area contributed by atoms with E-state index < -0.39 is 11.9 Å². The summed E-state index contributed by atoms with van der Waals surface area (Å²) < 4.78 is 26.4. The smallest absolute Gasteiger partial charge is 0.374 e. The van der Waals surface area contributed by atoms with Crippen molar-refractivity contribution in [1.29, 1.82) is 0 Å². The fraction of sp³-hybridized carbons (Fsp3) is 0.238. The number of rotatable bonds is 7. The van der Waals surface area contributed by atoms with Gasteiger partial charge in [0.1, 0.15) is 23.7 Å². The average molecular weight is 384 g/mol. The van der Waals surface area contributed by atoms with E-state index in [9.17, 15) is 9.59 Å². The van der Waals surface area contributed by atoms with Gasteiger partial charge in [-0.15, -0.1) is 0 Å². The normalized spacial score (nSPS) is 10.5. The Morgan fingerprint density at radius 2 is 1.61 bits per heavy atom. The Balaban J connectivity index is 1.88. The highest BCUT2D eigenvalue weighted by atomic mass is 16.5. The van der Waals surface area contributed by atoms with Gasteiger partial charge in [0.05, 0.1) is 32.0 Å². The molecule has 3 rings (SSSR count). The molecule has 146 valence electrons. The van der Waals surface area contributed by atoms with E-state index in [0.29, 0.717) is 28.0 Å². The molecule has 0 N–H and O–H groups in total. The second-order valence-corrected chi connectivity index (χ2v) is 5.80. The molecule has 28 heavy (non-hydrogen) atoms. The molecule has 0 saturated heterocycles. The van der Waals surface area contributed by atoms with E-state index in [1.807, 2.05) is 6.07 Å². The number of carbonyl (C=O) groups is 2. The Morgan fingerprint density at radius 1 is 0.929 bits per heavy atom. The van der Waals surface area contributed by atoms with E-state index in [-0.39, 0.29) is 24.5 Å². The van der Waals surface area contributed by atoms with Crippen LogP contribution < -0.4 is 9.47 Å². The highest BCUT2D eigenvalue weighted by Gasteiger charge is 2.23. The van der Waals surface area contributed by atoms with E-state index in [1.54, 1.807) is 43.3 Å². The summed E-state index contributed by atoms with van der Waals surface area (Å²) in [6, 6.07) is 11.9. The number of fused-ring (bicyclic) bond motifs is 1. The molecule has 0 aliphatic carbocycles. The van der Waals surface area contributed by atoms with Gasteiger partial charge in [-0.05, 0) is 25.1 Å². The monoisotopic (exact) mass is 384 g/mol. The number of methoxy groups -OCH3 is 2. The second-order valence-electron chi connectivity index (χ2n) is 5.80. The summed E-state index contributed by atoms with van der Waals surface area (Å²) in [6.45, 7) is 1.76. The van der Waals surface area contributed by atoms with Crippen LogP contribution in [0.2, 0.25) is 0 Å². The lowest BCUT2D eigenvalue weighted by atomic mass is 10.1. The topological polar surface area (TPSA) is 84.2 Å². The van der Waals surface area contributed by atoms with Crippen LogP contribution in [0.3, 0.4) is 0 Å². The number of hydrogen-bond acceptors (Lipinski definition) is 7. The number of benzene rings is 2. The van der Waals surface area contributed by atoms with Crippen molar-refractivity contribution in [2.75, 3.05) is 20.8 Å². The molecule has 3 aromatic rings. The first kappa shape index (κ1) is 19.3. The van der Waals surface area contributed by atoms with Crippen LogP contribution in [0.5, 0.6) is 11.5 Å². The van der Waals surface area contributed by atoms with Gasteiger partial charge < -0.3 is 23.4 Å². The van der Waals surface area contributed by atoms with Gasteiger partial charge in [0, 0.05) is 11.5 Å². The third-order valence-corrected chi connectivity index (χ3v) is 4.09. The molecule has 0 unspecified atom stereocenters. The molecule has 2 aromatic carbocycles. The molecule has 0 fully saturated rings. The van der Waals surface area contributed by atoms with E-state index in [1.165, 1.54) is 14.2 Å². The largest absolute Gasteiger partial charge is 0.497 e. The minimum Gasteiger partial charge on any atom is -0.497 e. The van der Waals surface area contributed by atoms with Gasteiger partial charge in [-0.1, -0.05) is 18.2 Å². The molecule has 1 heterocycles. The molecule has 0 saturated carbocycles. The van der Waals surface area contributed by atoms with Crippen LogP contribution in [0.15, 0.2) is 46.9 Å². The van der Waals surface area contributed by atoms with Crippen LogP contribution in [0.4, 0.5) is 0 Å². The average Bonchev–Trinajstić information content (AvgIpc) is 3.10. The van der Waals surface area contributed by atoms with Crippen LogP contribution in [-0.2, 0) is 16.1 Å². The van der Waals surface area contributed by atoms with Crippen LogP contribution in [0, 0.1) is 0 Å². The minimum absolute atomic E-state index is 0.0269. The fourth-order valence-electron chi connectivity index (χ4n) is 2.75. The Bertz CT molecular complexity index is 981. The molecule has 0 atom stereocenters. The zero-order chi connectivity index (χ0) is 20.1. The van der Waals surface area contributed by atoms with Crippen molar-refractivity contribution in [1.82, 2.24) is 0 Å². The van der Waals surface area contributed by atoms with Gasteiger partial charge in [0.15, 0.2) is 0 Å². The van der Waals surface area contributed by atoms with Gasteiger partial charge in [-0.2, -0.15) is 0 Å². The molecule has 0 spiro atoms. The first-order valence-corrected chi connectivity index (χ1v) is 8.65. The van der Waals surface area contributed by atoms with Crippen molar-refractivity contribution < 1.29 is 33.0 Å². The Hall–Kier alpha value is -3.48. The van der Waals surface area contributed by atoms with Crippen molar-refractivity contribution in [2.24, 2.45) is 0 Å². The molecule has 0 amide bonds. The van der Waals surface area contributed by atoms with E-state index >= 15 is 0 Å². The molecule has 0 bridgehead atoms. The van der Waals surface area contributed by atoms with Crippen LogP contribution in [0.1, 0.15) is 33.4 Å². The maximum atomic E-state index is 12.5. The Kier molecular flexibility index (Phi) is 5.84. The van der Waals surface area contributed by atoms with Crippen molar-refractivity contribution in [3.8, 4) is 11.5 Å². The van der Waals surface area contributed by atoms with Crippen LogP contribution >= 0.6 is 0 Å². The Labute approximate surface area is 161 Å². The summed E-state index contributed by atoms with van der Waals surface area (Å²) in [4.78, 5) is 24.8. The number of carbonyl (C=O) groups excluding carboxylic acids is 2. The van der Waals surface area contributed by atoms with Crippen molar-refractivity contribution in [2.45, 2.75) is 13.5 Å². The lowest BCUT2D eigenvalue weighted by molar-refractivity contribution is 0.0435. The Morgan fingerprint density at radius 3 is 2.25 bits per heavy atom. The maximum Gasteiger partial charge on any atom is 0.374 e. The summed E-state index contributed by atoms with van der Waals surface area (Å²) in [7, 11) is 2.99. The molecular formula is C21H20O7. The molecule has 7 nitrogen and oxygen atoms in total. The highest BCUT2D eigenvalue weighted by molar-refractivity contribution is 5.96. The third kappa shape index (κ3) is 3.93. The number of furan rings is 1. The molecular weight excluding hydrogens is 364 g/mol. The predicted octanol–water partition coefficient (Wildman–Crippen LogP) is 3.98. The van der Waals surface area contributed by atoms with Gasteiger partial charge in [0.2, 0.25) is 5.76 Å². The lowest BCUT2D eigenvalue weighted by Gasteiger charge is -2.09. The van der Waals surface area contributed by atoms with Gasteiger partial charge in [0.25, 0.3) is 0 Å². The summed E-state index contributed by atoms with van der Waals surface area (Å²) in [5.41, 5.74) is 1.23. The number of para-hydroxylation sites is 1. The first-order chi connectivity index (χ1) is 13.6. The molecule has 0 aliphatic heterocycles. The predicted molar refractivity (Wildman–Crippen MR) is 101 cm³/mol. The van der Waals surface area contributed by atoms with Crippen molar-refractivity contribution in [3.63, 3.8) is 0 Å². The van der Waals surface area contributed by atoms with Crippen molar-refractivity contribution >= 4 is 22.9 Å². The van der Waals surface area contributed by atoms with Gasteiger partial charge in [-0.25, -0.2) is 9.59 Å². The first-order valence-electron chi connectivity index (χ1n) is 8.65. The highest BCUT2D eigenvalue weighted by Crippen LogP contribution is 2.28. The molecule has 7 heteroatoms. The van der Waals surface area contributed by atoms with Crippen molar-refractivity contribution in [3.05, 3.63) is 59.4 Å². The lowest BCUT2D eigenvalue weighted by Crippen LogP contribution is -2.10. The molecule has 0 aliphatic rings. The standard InChI is InChI=1S/C21H20O7/c1-4-26-21(23)19-17(16-7-5-6-8-18(16)28-19)12-27-20(22)13-9-14(24-2)11-15(10-13)25-3/h5-11H,4,12H2,1-3H3. The van der Waals surface area contributed by atoms with Gasteiger partial charge in [-0.3, -0.25) is 0 Å². The SMILES string of the molecule is CCOC(=O)c1oc2ccccc2c1COC(=O)c1cc(OC)cc(OC)c1.